The van der Waals surface area contributed by atoms with Gasteiger partial charge in [0.05, 0.1) is 19.1 Å². The van der Waals surface area contributed by atoms with E-state index >= 15 is 0 Å². The Bertz CT molecular complexity index is 1070. The average Bonchev–Trinajstić information content (AvgIpc) is 2.75. The Morgan fingerprint density at radius 2 is 1.67 bits per heavy atom. The number of nitrogens with zero attached hydrogens (tertiary/aromatic N) is 2. The molecular weight excluding hydrogens is 510 g/mol. The molecule has 0 unspecified atom stereocenters. The molecule has 1 atom stereocenters. The number of halogens is 1. The van der Waals surface area contributed by atoms with Crippen LogP contribution in [0.5, 0.6) is 5.75 Å². The topological polar surface area (TPSA) is 96.0 Å². The Morgan fingerprint density at radius 3 is 2.18 bits per heavy atom. The van der Waals surface area contributed by atoms with Gasteiger partial charge in [-0.1, -0.05) is 24.3 Å². The SMILES string of the molecule is COc1ccc(CN(C(=O)CN(c2ccccc2Br)S(C)(=O)=O)[C@@H](C)C(=O)NC(C)C)cc1. The molecule has 0 spiro atoms. The predicted octanol–water partition coefficient (Wildman–Crippen LogP) is 3.17. The number of benzene rings is 2. The van der Waals surface area contributed by atoms with Gasteiger partial charge < -0.3 is 15.0 Å². The largest absolute Gasteiger partial charge is 0.497 e. The van der Waals surface area contributed by atoms with E-state index in [1.54, 1.807) is 62.6 Å². The first kappa shape index (κ1) is 26.7. The molecule has 33 heavy (non-hydrogen) atoms. The molecular formula is C23H30BrN3O5S. The van der Waals surface area contributed by atoms with Gasteiger partial charge in [-0.25, -0.2) is 8.42 Å². The lowest BCUT2D eigenvalue weighted by atomic mass is 10.1. The molecule has 1 N–H and O–H groups in total. The molecule has 0 saturated heterocycles. The number of carbonyl (C=O) groups is 2. The molecule has 0 aliphatic rings. The minimum Gasteiger partial charge on any atom is -0.497 e. The van der Waals surface area contributed by atoms with Crippen molar-refractivity contribution in [2.75, 3.05) is 24.2 Å². The number of carbonyl (C=O) groups excluding carboxylic acids is 2. The lowest BCUT2D eigenvalue weighted by Gasteiger charge is -2.32. The molecule has 2 amide bonds. The van der Waals surface area contributed by atoms with E-state index < -0.39 is 28.5 Å². The van der Waals surface area contributed by atoms with E-state index in [2.05, 4.69) is 21.2 Å². The maximum atomic E-state index is 13.4. The minimum atomic E-state index is -3.78. The number of rotatable bonds is 10. The van der Waals surface area contributed by atoms with Gasteiger partial charge in [0.25, 0.3) is 0 Å². The van der Waals surface area contributed by atoms with Crippen LogP contribution in [-0.4, -0.2) is 57.1 Å². The third-order valence-electron chi connectivity index (χ3n) is 4.91. The zero-order valence-electron chi connectivity index (χ0n) is 19.4. The van der Waals surface area contributed by atoms with Crippen molar-refractivity contribution in [1.29, 1.82) is 0 Å². The molecule has 0 radical (unpaired) electrons. The summed E-state index contributed by atoms with van der Waals surface area (Å²) in [4.78, 5) is 27.6. The van der Waals surface area contributed by atoms with Crippen molar-refractivity contribution in [3.63, 3.8) is 0 Å². The summed E-state index contributed by atoms with van der Waals surface area (Å²) in [7, 11) is -2.22. The van der Waals surface area contributed by atoms with Crippen LogP contribution in [0.4, 0.5) is 5.69 Å². The summed E-state index contributed by atoms with van der Waals surface area (Å²) in [6.07, 6.45) is 1.04. The first-order valence-corrected chi connectivity index (χ1v) is 13.0. The first-order chi connectivity index (χ1) is 15.4. The lowest BCUT2D eigenvalue weighted by Crippen LogP contribution is -2.52. The van der Waals surface area contributed by atoms with E-state index in [1.807, 2.05) is 13.8 Å². The van der Waals surface area contributed by atoms with Gasteiger partial charge in [-0.2, -0.15) is 0 Å². The summed E-state index contributed by atoms with van der Waals surface area (Å²) in [6.45, 7) is 4.97. The van der Waals surface area contributed by atoms with E-state index in [4.69, 9.17) is 4.74 Å². The Hall–Kier alpha value is -2.59. The monoisotopic (exact) mass is 539 g/mol. The first-order valence-electron chi connectivity index (χ1n) is 10.4. The number of hydrogen-bond acceptors (Lipinski definition) is 5. The van der Waals surface area contributed by atoms with Crippen LogP contribution in [0.15, 0.2) is 53.0 Å². The fourth-order valence-electron chi connectivity index (χ4n) is 3.16. The smallest absolute Gasteiger partial charge is 0.244 e. The van der Waals surface area contributed by atoms with Crippen molar-refractivity contribution in [2.45, 2.75) is 39.4 Å². The maximum absolute atomic E-state index is 13.4. The second-order valence-corrected chi connectivity index (χ2v) is 10.7. The molecule has 0 saturated carbocycles. The van der Waals surface area contributed by atoms with E-state index in [-0.39, 0.29) is 18.5 Å². The van der Waals surface area contributed by atoms with Gasteiger partial charge in [0, 0.05) is 17.1 Å². The van der Waals surface area contributed by atoms with Crippen molar-refractivity contribution in [1.82, 2.24) is 10.2 Å². The van der Waals surface area contributed by atoms with E-state index in [9.17, 15) is 18.0 Å². The lowest BCUT2D eigenvalue weighted by molar-refractivity contribution is -0.139. The summed E-state index contributed by atoms with van der Waals surface area (Å²) in [5.74, 6) is -0.156. The third-order valence-corrected chi connectivity index (χ3v) is 6.71. The number of amides is 2. The van der Waals surface area contributed by atoms with Gasteiger partial charge >= 0.3 is 0 Å². The fourth-order valence-corrected chi connectivity index (χ4v) is 4.64. The fraction of sp³-hybridized carbons (Fsp3) is 0.391. The quantitative estimate of drug-likeness (QED) is 0.500. The van der Waals surface area contributed by atoms with Crippen LogP contribution in [0.25, 0.3) is 0 Å². The second-order valence-electron chi connectivity index (χ2n) is 7.93. The van der Waals surface area contributed by atoms with Crippen LogP contribution in [0.2, 0.25) is 0 Å². The summed E-state index contributed by atoms with van der Waals surface area (Å²) in [5, 5.41) is 2.81. The molecule has 2 rings (SSSR count). The highest BCUT2D eigenvalue weighted by Crippen LogP contribution is 2.28. The highest BCUT2D eigenvalue weighted by atomic mass is 79.9. The van der Waals surface area contributed by atoms with Gasteiger partial charge in [-0.15, -0.1) is 0 Å². The van der Waals surface area contributed by atoms with Crippen molar-refractivity contribution in [3.05, 3.63) is 58.6 Å². The number of sulfonamides is 1. The summed E-state index contributed by atoms with van der Waals surface area (Å²) in [5.41, 5.74) is 1.12. The number of para-hydroxylation sites is 1. The molecule has 0 aliphatic heterocycles. The van der Waals surface area contributed by atoms with Gasteiger partial charge in [0.2, 0.25) is 21.8 Å². The highest BCUT2D eigenvalue weighted by molar-refractivity contribution is 9.10. The third kappa shape index (κ3) is 7.46. The molecule has 2 aromatic carbocycles. The van der Waals surface area contributed by atoms with Gasteiger partial charge in [-0.3, -0.25) is 13.9 Å². The zero-order valence-corrected chi connectivity index (χ0v) is 21.8. The van der Waals surface area contributed by atoms with Crippen LogP contribution >= 0.6 is 15.9 Å². The Kier molecular flexibility index (Phi) is 9.30. The summed E-state index contributed by atoms with van der Waals surface area (Å²) in [6, 6.07) is 13.0. The van der Waals surface area contributed by atoms with Crippen LogP contribution in [-0.2, 0) is 26.2 Å². The van der Waals surface area contributed by atoms with Crippen LogP contribution in [0, 0.1) is 0 Å². The molecule has 10 heteroatoms. The number of nitrogens with one attached hydrogen (secondary N) is 1. The predicted molar refractivity (Wildman–Crippen MR) is 133 cm³/mol. The second kappa shape index (κ2) is 11.5. The molecule has 0 bridgehead atoms. The van der Waals surface area contributed by atoms with Gasteiger partial charge in [0.1, 0.15) is 18.3 Å². The van der Waals surface area contributed by atoms with E-state index in [1.165, 1.54) is 4.90 Å². The molecule has 8 nitrogen and oxygen atoms in total. The molecule has 0 aromatic heterocycles. The number of ether oxygens (including phenoxy) is 1. The van der Waals surface area contributed by atoms with E-state index in [0.717, 1.165) is 16.1 Å². The standard InChI is InChI=1S/C23H30BrN3O5S/c1-16(2)25-23(29)17(3)26(14-18-10-12-19(32-4)13-11-18)22(28)15-27(33(5,30)31)21-9-7-6-8-20(21)24/h6-13,16-17H,14-15H2,1-5H3,(H,25,29)/t17-/m0/s1. The molecule has 180 valence electrons. The van der Waals surface area contributed by atoms with Crippen LogP contribution in [0.3, 0.4) is 0 Å². The number of methoxy groups -OCH3 is 1. The van der Waals surface area contributed by atoms with Crippen molar-refractivity contribution in [3.8, 4) is 5.75 Å². The summed E-state index contributed by atoms with van der Waals surface area (Å²) >= 11 is 3.36. The molecule has 0 aliphatic carbocycles. The summed E-state index contributed by atoms with van der Waals surface area (Å²) < 4.78 is 31.9. The number of anilines is 1. The Morgan fingerprint density at radius 1 is 1.06 bits per heavy atom. The Labute approximate surface area is 204 Å². The van der Waals surface area contributed by atoms with Crippen molar-refractivity contribution in [2.24, 2.45) is 0 Å². The normalized spacial score (nSPS) is 12.2. The van der Waals surface area contributed by atoms with Crippen molar-refractivity contribution < 1.29 is 22.7 Å². The minimum absolute atomic E-state index is 0.106. The highest BCUT2D eigenvalue weighted by Gasteiger charge is 2.30. The molecule has 0 heterocycles. The van der Waals surface area contributed by atoms with Gasteiger partial charge in [-0.05, 0) is 66.5 Å². The average molecular weight is 540 g/mol. The molecule has 2 aromatic rings. The van der Waals surface area contributed by atoms with Crippen molar-refractivity contribution >= 4 is 43.5 Å². The molecule has 0 fully saturated rings. The Balaban J connectivity index is 2.39. The zero-order chi connectivity index (χ0) is 24.8. The number of hydrogen-bond donors (Lipinski definition) is 1. The van der Waals surface area contributed by atoms with Crippen LogP contribution in [0.1, 0.15) is 26.3 Å². The maximum Gasteiger partial charge on any atom is 0.244 e. The van der Waals surface area contributed by atoms with E-state index in [0.29, 0.717) is 15.9 Å². The van der Waals surface area contributed by atoms with Gasteiger partial charge in [0.15, 0.2) is 0 Å². The van der Waals surface area contributed by atoms with Crippen LogP contribution < -0.4 is 14.4 Å².